The first kappa shape index (κ1) is 24.3. The first-order valence-corrected chi connectivity index (χ1v) is 11.4. The Balaban J connectivity index is 1.21. The second-order valence-electron chi connectivity index (χ2n) is 8.96. The number of amides is 4. The van der Waals surface area contributed by atoms with Gasteiger partial charge in [0.15, 0.2) is 0 Å². The van der Waals surface area contributed by atoms with Gasteiger partial charge in [-0.3, -0.25) is 19.4 Å². The molecule has 0 atom stereocenters. The number of imide groups is 1. The third kappa shape index (κ3) is 5.79. The number of ether oxygens (including phenoxy) is 1. The van der Waals surface area contributed by atoms with Gasteiger partial charge >= 0.3 is 12.4 Å². The van der Waals surface area contributed by atoms with Gasteiger partial charge in [0.25, 0.3) is 5.91 Å². The Morgan fingerprint density at radius 1 is 1.00 bits per heavy atom. The molecular formula is C22H28F3N5O4. The number of carbonyl (C=O) groups is 3. The van der Waals surface area contributed by atoms with Crippen LogP contribution in [0.15, 0.2) is 24.3 Å². The van der Waals surface area contributed by atoms with Crippen molar-refractivity contribution < 1.29 is 32.3 Å². The second kappa shape index (κ2) is 9.79. The number of halogens is 3. The normalized spacial score (nSPS) is 21.6. The Bertz CT molecular complexity index is 910. The van der Waals surface area contributed by atoms with E-state index in [0.29, 0.717) is 44.7 Å². The van der Waals surface area contributed by atoms with Crippen LogP contribution in [0.3, 0.4) is 0 Å². The van der Waals surface area contributed by atoms with Crippen molar-refractivity contribution in [2.45, 2.75) is 44.0 Å². The van der Waals surface area contributed by atoms with Gasteiger partial charge in [0.2, 0.25) is 5.91 Å². The van der Waals surface area contributed by atoms with E-state index in [1.807, 2.05) is 9.80 Å². The van der Waals surface area contributed by atoms with Crippen LogP contribution in [-0.4, -0.2) is 83.8 Å². The van der Waals surface area contributed by atoms with Crippen LogP contribution in [0, 0.1) is 0 Å². The minimum absolute atomic E-state index is 0.126. The fourth-order valence-corrected chi connectivity index (χ4v) is 4.73. The highest BCUT2D eigenvalue weighted by Gasteiger charge is 2.51. The van der Waals surface area contributed by atoms with Crippen LogP contribution in [0.2, 0.25) is 0 Å². The number of hydrogen-bond donors (Lipinski definition) is 2. The van der Waals surface area contributed by atoms with Crippen LogP contribution in [-0.2, 0) is 9.59 Å². The summed E-state index contributed by atoms with van der Waals surface area (Å²) in [5, 5.41) is 5.57. The lowest BCUT2D eigenvalue weighted by atomic mass is 9.82. The van der Waals surface area contributed by atoms with E-state index in [4.69, 9.17) is 0 Å². The van der Waals surface area contributed by atoms with E-state index < -0.39 is 11.9 Å². The number of nitrogens with one attached hydrogen (secondary N) is 2. The lowest BCUT2D eigenvalue weighted by Gasteiger charge is -2.36. The number of anilines is 1. The maximum Gasteiger partial charge on any atom is 0.573 e. The third-order valence-corrected chi connectivity index (χ3v) is 6.50. The van der Waals surface area contributed by atoms with Crippen LogP contribution >= 0.6 is 0 Å². The molecular weight excluding hydrogens is 455 g/mol. The van der Waals surface area contributed by atoms with Crippen LogP contribution in [0.1, 0.15) is 32.1 Å². The Morgan fingerprint density at radius 3 is 2.24 bits per heavy atom. The molecule has 0 aromatic heterocycles. The van der Waals surface area contributed by atoms with E-state index in [0.717, 1.165) is 31.4 Å². The van der Waals surface area contributed by atoms with Crippen LogP contribution < -0.4 is 15.4 Å². The van der Waals surface area contributed by atoms with Crippen molar-refractivity contribution in [3.05, 3.63) is 24.3 Å². The van der Waals surface area contributed by atoms with Gasteiger partial charge in [-0.05, 0) is 37.1 Å². The Hall–Kier alpha value is -2.86. The highest BCUT2D eigenvalue weighted by atomic mass is 19.4. The van der Waals surface area contributed by atoms with Gasteiger partial charge in [0, 0.05) is 31.9 Å². The summed E-state index contributed by atoms with van der Waals surface area (Å²) in [4.78, 5) is 43.0. The molecule has 2 heterocycles. The molecule has 4 rings (SSSR count). The zero-order valence-corrected chi connectivity index (χ0v) is 18.7. The third-order valence-electron chi connectivity index (χ3n) is 6.50. The molecule has 0 bridgehead atoms. The van der Waals surface area contributed by atoms with Crippen molar-refractivity contribution in [3.63, 3.8) is 0 Å². The number of nitrogens with zero attached hydrogens (tertiary/aromatic N) is 3. The average Bonchev–Trinajstić information content (AvgIpc) is 2.99. The molecule has 2 N–H and O–H groups in total. The summed E-state index contributed by atoms with van der Waals surface area (Å²) in [7, 11) is 0. The zero-order chi connectivity index (χ0) is 24.3. The molecule has 186 valence electrons. The number of urea groups is 1. The minimum atomic E-state index is -4.77. The van der Waals surface area contributed by atoms with Crippen molar-refractivity contribution in [1.29, 1.82) is 0 Å². The van der Waals surface area contributed by atoms with Crippen molar-refractivity contribution >= 4 is 23.5 Å². The van der Waals surface area contributed by atoms with Crippen LogP contribution in [0.5, 0.6) is 5.75 Å². The van der Waals surface area contributed by atoms with Gasteiger partial charge < -0.3 is 15.4 Å². The first-order chi connectivity index (χ1) is 16.1. The Labute approximate surface area is 195 Å². The summed E-state index contributed by atoms with van der Waals surface area (Å²) in [6.45, 7) is 2.72. The van der Waals surface area contributed by atoms with Gasteiger partial charge in [-0.15, -0.1) is 13.2 Å². The van der Waals surface area contributed by atoms with E-state index >= 15 is 0 Å². The maximum absolute atomic E-state index is 12.9. The van der Waals surface area contributed by atoms with E-state index in [9.17, 15) is 27.6 Å². The Kier molecular flexibility index (Phi) is 6.99. The summed E-state index contributed by atoms with van der Waals surface area (Å²) in [5.41, 5.74) is -0.361. The molecule has 3 fully saturated rings. The Morgan fingerprint density at radius 2 is 1.62 bits per heavy atom. The fourth-order valence-electron chi connectivity index (χ4n) is 4.73. The average molecular weight is 483 g/mol. The quantitative estimate of drug-likeness (QED) is 0.604. The lowest BCUT2D eigenvalue weighted by molar-refractivity contribution is -0.274. The molecule has 34 heavy (non-hydrogen) atoms. The van der Waals surface area contributed by atoms with Crippen LogP contribution in [0.25, 0.3) is 0 Å². The molecule has 2 aliphatic heterocycles. The second-order valence-corrected chi connectivity index (χ2v) is 8.96. The van der Waals surface area contributed by atoms with Crippen molar-refractivity contribution in [1.82, 2.24) is 20.0 Å². The van der Waals surface area contributed by atoms with Crippen molar-refractivity contribution in [3.8, 4) is 5.75 Å². The molecule has 1 spiro atoms. The van der Waals surface area contributed by atoms with E-state index in [1.165, 1.54) is 17.0 Å². The number of alkyl halides is 3. The summed E-state index contributed by atoms with van der Waals surface area (Å²) >= 11 is 0. The van der Waals surface area contributed by atoms with Gasteiger partial charge in [0.05, 0.1) is 13.2 Å². The van der Waals surface area contributed by atoms with Gasteiger partial charge in [0.1, 0.15) is 11.3 Å². The topological polar surface area (TPSA) is 94.2 Å². The van der Waals surface area contributed by atoms with Gasteiger partial charge in [-0.2, -0.15) is 0 Å². The van der Waals surface area contributed by atoms with Gasteiger partial charge in [-0.1, -0.05) is 19.3 Å². The lowest BCUT2D eigenvalue weighted by Crippen LogP contribution is -2.53. The SMILES string of the molecule is O=C(CN1CCN(CN2C(=O)NC3(CCCCC3)C2=O)CC1)Nc1ccc(OC(F)(F)F)cc1. The molecule has 1 saturated carbocycles. The summed E-state index contributed by atoms with van der Waals surface area (Å²) in [5.74, 6) is -0.780. The molecule has 12 heteroatoms. The van der Waals surface area contributed by atoms with E-state index in [-0.39, 0.29) is 36.8 Å². The molecule has 1 aliphatic carbocycles. The number of benzene rings is 1. The number of rotatable bonds is 6. The standard InChI is InChI=1S/C22H28F3N5O4/c23-22(24,25)34-17-6-4-16(5-7-17)26-18(31)14-28-10-12-29(13-11-28)15-30-19(32)21(27-20(30)33)8-2-1-3-9-21/h4-7H,1-3,8-15H2,(H,26,31)(H,27,33). The molecule has 3 aliphatic rings. The zero-order valence-electron chi connectivity index (χ0n) is 18.7. The number of carbonyl (C=O) groups excluding carboxylic acids is 3. The minimum Gasteiger partial charge on any atom is -0.406 e. The van der Waals surface area contributed by atoms with E-state index in [1.54, 1.807) is 0 Å². The van der Waals surface area contributed by atoms with Crippen molar-refractivity contribution in [2.75, 3.05) is 44.7 Å². The highest BCUT2D eigenvalue weighted by Crippen LogP contribution is 2.33. The largest absolute Gasteiger partial charge is 0.573 e. The summed E-state index contributed by atoms with van der Waals surface area (Å²) in [6, 6.07) is 4.62. The molecule has 0 unspecified atom stereocenters. The highest BCUT2D eigenvalue weighted by molar-refractivity contribution is 6.07. The monoisotopic (exact) mass is 483 g/mol. The fraction of sp³-hybridized carbons (Fsp3) is 0.591. The summed E-state index contributed by atoms with van der Waals surface area (Å²) in [6.07, 6.45) is -0.434. The molecule has 9 nitrogen and oxygen atoms in total. The molecule has 4 amide bonds. The predicted octanol–water partition coefficient (Wildman–Crippen LogP) is 2.35. The predicted molar refractivity (Wildman–Crippen MR) is 116 cm³/mol. The first-order valence-electron chi connectivity index (χ1n) is 11.4. The van der Waals surface area contributed by atoms with Crippen LogP contribution in [0.4, 0.5) is 23.7 Å². The number of hydrogen-bond acceptors (Lipinski definition) is 6. The number of piperazine rings is 1. The smallest absolute Gasteiger partial charge is 0.406 e. The molecule has 0 radical (unpaired) electrons. The molecule has 2 saturated heterocycles. The van der Waals surface area contributed by atoms with E-state index in [2.05, 4.69) is 15.4 Å². The summed E-state index contributed by atoms with van der Waals surface area (Å²) < 4.78 is 40.5. The van der Waals surface area contributed by atoms with Gasteiger partial charge in [-0.25, -0.2) is 9.69 Å². The molecule has 1 aromatic carbocycles. The molecule has 1 aromatic rings. The van der Waals surface area contributed by atoms with Crippen molar-refractivity contribution in [2.24, 2.45) is 0 Å². The maximum atomic E-state index is 12.9.